The van der Waals surface area contributed by atoms with Crippen LogP contribution in [0.25, 0.3) is 16.9 Å². The number of aromatic nitrogens is 2. The molecular formula is C25H22FN3O3. The second-order valence-corrected chi connectivity index (χ2v) is 7.05. The summed E-state index contributed by atoms with van der Waals surface area (Å²) in [4.78, 5) is 18.2. The number of halogens is 1. The number of rotatable bonds is 6. The lowest BCUT2D eigenvalue weighted by molar-refractivity contribution is 0.356. The molecule has 0 bridgehead atoms. The molecule has 0 fully saturated rings. The van der Waals surface area contributed by atoms with Crippen LogP contribution in [0.1, 0.15) is 12.5 Å². The van der Waals surface area contributed by atoms with Gasteiger partial charge < -0.3 is 9.47 Å². The van der Waals surface area contributed by atoms with Crippen molar-refractivity contribution in [2.45, 2.75) is 6.92 Å². The Balaban J connectivity index is 1.92. The first-order valence-electron chi connectivity index (χ1n) is 9.96. The van der Waals surface area contributed by atoms with Gasteiger partial charge in [0.05, 0.1) is 36.9 Å². The van der Waals surface area contributed by atoms with Crippen LogP contribution in [0, 0.1) is 5.82 Å². The molecule has 0 radical (unpaired) electrons. The largest absolute Gasteiger partial charge is 0.493 e. The van der Waals surface area contributed by atoms with E-state index in [0.29, 0.717) is 39.8 Å². The molecule has 1 heterocycles. The zero-order chi connectivity index (χ0) is 22.7. The molecule has 1 aromatic heterocycles. The lowest BCUT2D eigenvalue weighted by Gasteiger charge is -2.10. The SMILES string of the molecule is COc1cccc(N=C(C)c2c(-c3ccccc3)[nH]n(-c3ccc(F)cc3)c2=O)c1OC. The summed E-state index contributed by atoms with van der Waals surface area (Å²) in [6.07, 6.45) is 0. The summed E-state index contributed by atoms with van der Waals surface area (Å²) in [5, 5.41) is 3.16. The van der Waals surface area contributed by atoms with Gasteiger partial charge in [0.15, 0.2) is 11.5 Å². The maximum Gasteiger partial charge on any atom is 0.280 e. The van der Waals surface area contributed by atoms with Gasteiger partial charge in [0, 0.05) is 5.56 Å². The van der Waals surface area contributed by atoms with E-state index in [1.807, 2.05) is 30.3 Å². The lowest BCUT2D eigenvalue weighted by Crippen LogP contribution is -2.19. The number of H-pyrrole nitrogens is 1. The zero-order valence-corrected chi connectivity index (χ0v) is 17.9. The van der Waals surface area contributed by atoms with E-state index in [-0.39, 0.29) is 11.4 Å². The minimum atomic E-state index is -0.375. The average Bonchev–Trinajstić information content (AvgIpc) is 3.17. The Morgan fingerprint density at radius 2 is 1.66 bits per heavy atom. The van der Waals surface area contributed by atoms with Crippen molar-refractivity contribution >= 4 is 11.4 Å². The first-order chi connectivity index (χ1) is 15.5. The smallest absolute Gasteiger partial charge is 0.280 e. The van der Waals surface area contributed by atoms with E-state index < -0.39 is 0 Å². The summed E-state index contributed by atoms with van der Waals surface area (Å²) in [6, 6.07) is 20.6. The fourth-order valence-corrected chi connectivity index (χ4v) is 3.55. The maximum absolute atomic E-state index is 13.5. The van der Waals surface area contributed by atoms with Gasteiger partial charge in [0.2, 0.25) is 0 Å². The van der Waals surface area contributed by atoms with Crippen LogP contribution in [0.2, 0.25) is 0 Å². The Morgan fingerprint density at radius 3 is 2.31 bits per heavy atom. The molecule has 3 aromatic carbocycles. The Kier molecular flexibility index (Phi) is 5.89. The fourth-order valence-electron chi connectivity index (χ4n) is 3.55. The van der Waals surface area contributed by atoms with Crippen LogP contribution >= 0.6 is 0 Å². The van der Waals surface area contributed by atoms with E-state index in [1.54, 1.807) is 51.5 Å². The minimum absolute atomic E-state index is 0.293. The molecule has 0 aliphatic heterocycles. The van der Waals surface area contributed by atoms with Crippen molar-refractivity contribution in [3.63, 3.8) is 0 Å². The van der Waals surface area contributed by atoms with Crippen LogP contribution in [0.15, 0.2) is 82.6 Å². The van der Waals surface area contributed by atoms with Crippen molar-refractivity contribution in [2.24, 2.45) is 4.99 Å². The van der Waals surface area contributed by atoms with E-state index >= 15 is 0 Å². The molecule has 0 saturated carbocycles. The Bertz CT molecular complexity index is 1320. The van der Waals surface area contributed by atoms with Gasteiger partial charge in [-0.2, -0.15) is 0 Å². The number of hydrogen-bond donors (Lipinski definition) is 1. The third kappa shape index (κ3) is 3.92. The zero-order valence-electron chi connectivity index (χ0n) is 17.9. The Labute approximate surface area is 184 Å². The van der Waals surface area contributed by atoms with E-state index in [1.165, 1.54) is 16.8 Å². The van der Waals surface area contributed by atoms with Crippen LogP contribution < -0.4 is 15.0 Å². The molecule has 0 unspecified atom stereocenters. The number of nitrogens with zero attached hydrogens (tertiary/aromatic N) is 2. The molecule has 0 atom stereocenters. The molecule has 6 nitrogen and oxygen atoms in total. The number of methoxy groups -OCH3 is 2. The average molecular weight is 431 g/mol. The second-order valence-electron chi connectivity index (χ2n) is 7.05. The van der Waals surface area contributed by atoms with Crippen LogP contribution in [0.3, 0.4) is 0 Å². The highest BCUT2D eigenvalue weighted by molar-refractivity contribution is 6.05. The minimum Gasteiger partial charge on any atom is -0.493 e. The summed E-state index contributed by atoms with van der Waals surface area (Å²) < 4.78 is 25.6. The van der Waals surface area contributed by atoms with E-state index in [0.717, 1.165) is 5.56 Å². The van der Waals surface area contributed by atoms with Crippen molar-refractivity contribution in [1.82, 2.24) is 9.78 Å². The number of hydrogen-bond acceptors (Lipinski definition) is 4. The number of aromatic amines is 1. The number of aliphatic imine (C=N–C) groups is 1. The van der Waals surface area contributed by atoms with Crippen molar-refractivity contribution < 1.29 is 13.9 Å². The van der Waals surface area contributed by atoms with E-state index in [9.17, 15) is 9.18 Å². The number of ether oxygens (including phenoxy) is 2. The predicted octanol–water partition coefficient (Wildman–Crippen LogP) is 5.13. The normalized spacial score (nSPS) is 11.4. The standard InChI is InChI=1S/C25H22FN3O3/c1-16(27-20-10-7-11-21(31-2)24(20)32-3)22-23(17-8-5-4-6-9-17)28-29(25(22)30)19-14-12-18(26)13-15-19/h4-15,28H,1-3H3. The van der Waals surface area contributed by atoms with Crippen molar-refractivity contribution in [3.05, 3.63) is 94.5 Å². The third-order valence-corrected chi connectivity index (χ3v) is 5.07. The number of para-hydroxylation sites is 1. The topological polar surface area (TPSA) is 68.6 Å². The monoisotopic (exact) mass is 431 g/mol. The van der Waals surface area contributed by atoms with Crippen molar-refractivity contribution in [3.8, 4) is 28.4 Å². The molecule has 32 heavy (non-hydrogen) atoms. The van der Waals surface area contributed by atoms with Gasteiger partial charge >= 0.3 is 0 Å². The molecule has 162 valence electrons. The van der Waals surface area contributed by atoms with Crippen LogP contribution in [-0.2, 0) is 0 Å². The van der Waals surface area contributed by atoms with Crippen molar-refractivity contribution in [1.29, 1.82) is 0 Å². The summed E-state index contributed by atoms with van der Waals surface area (Å²) in [6.45, 7) is 1.77. The quantitative estimate of drug-likeness (QED) is 0.431. The van der Waals surface area contributed by atoms with Gasteiger partial charge in [-0.3, -0.25) is 9.89 Å². The predicted molar refractivity (Wildman–Crippen MR) is 123 cm³/mol. The summed E-state index contributed by atoms with van der Waals surface area (Å²) in [5.41, 5.74) is 3.11. The summed E-state index contributed by atoms with van der Waals surface area (Å²) in [5.74, 6) is 0.646. The Morgan fingerprint density at radius 1 is 0.938 bits per heavy atom. The first-order valence-corrected chi connectivity index (χ1v) is 9.96. The van der Waals surface area contributed by atoms with Crippen LogP contribution in [0.5, 0.6) is 11.5 Å². The highest BCUT2D eigenvalue weighted by Crippen LogP contribution is 2.37. The van der Waals surface area contributed by atoms with Gasteiger partial charge in [0.1, 0.15) is 11.5 Å². The maximum atomic E-state index is 13.5. The van der Waals surface area contributed by atoms with Gasteiger partial charge in [-0.05, 0) is 43.3 Å². The second kappa shape index (κ2) is 8.93. The molecule has 0 amide bonds. The first kappa shape index (κ1) is 21.1. The molecular weight excluding hydrogens is 409 g/mol. The molecule has 0 saturated heterocycles. The number of benzene rings is 3. The molecule has 4 rings (SSSR count). The van der Waals surface area contributed by atoms with Gasteiger partial charge in [-0.15, -0.1) is 0 Å². The number of nitrogens with one attached hydrogen (secondary N) is 1. The summed E-state index contributed by atoms with van der Waals surface area (Å²) in [7, 11) is 3.10. The molecule has 7 heteroatoms. The lowest BCUT2D eigenvalue weighted by atomic mass is 10.1. The third-order valence-electron chi connectivity index (χ3n) is 5.07. The highest BCUT2D eigenvalue weighted by Gasteiger charge is 2.20. The molecule has 4 aromatic rings. The van der Waals surface area contributed by atoms with Gasteiger partial charge in [0.25, 0.3) is 5.56 Å². The van der Waals surface area contributed by atoms with Crippen LogP contribution in [-0.4, -0.2) is 29.7 Å². The van der Waals surface area contributed by atoms with E-state index in [2.05, 4.69) is 5.10 Å². The highest BCUT2D eigenvalue weighted by atomic mass is 19.1. The van der Waals surface area contributed by atoms with Crippen molar-refractivity contribution in [2.75, 3.05) is 14.2 Å². The molecule has 0 aliphatic rings. The fraction of sp³-hybridized carbons (Fsp3) is 0.120. The summed E-state index contributed by atoms with van der Waals surface area (Å²) >= 11 is 0. The molecule has 1 N–H and O–H groups in total. The van der Waals surface area contributed by atoms with E-state index in [4.69, 9.17) is 14.5 Å². The Hall–Kier alpha value is -4.13. The molecule has 0 spiro atoms. The molecule has 0 aliphatic carbocycles. The van der Waals surface area contributed by atoms with Gasteiger partial charge in [-0.25, -0.2) is 14.1 Å². The van der Waals surface area contributed by atoms with Gasteiger partial charge in [-0.1, -0.05) is 36.4 Å². The van der Waals surface area contributed by atoms with Crippen LogP contribution in [0.4, 0.5) is 10.1 Å².